The van der Waals surface area contributed by atoms with Crippen molar-refractivity contribution in [1.82, 2.24) is 19.9 Å². The molecule has 3 aromatic rings. The van der Waals surface area contributed by atoms with E-state index in [2.05, 4.69) is 20.3 Å². The lowest BCUT2D eigenvalue weighted by molar-refractivity contribution is 0.775. The van der Waals surface area contributed by atoms with Crippen LogP contribution in [0.25, 0.3) is 0 Å². The Labute approximate surface area is 120 Å². The fourth-order valence-electron chi connectivity index (χ4n) is 1.91. The predicted octanol–water partition coefficient (Wildman–Crippen LogP) is 1.44. The lowest BCUT2D eigenvalue weighted by Gasteiger charge is -2.00. The molecule has 6 heteroatoms. The van der Waals surface area contributed by atoms with Gasteiger partial charge in [-0.1, -0.05) is 36.4 Å². The average molecular weight is 279 g/mol. The first-order valence-electron chi connectivity index (χ1n) is 6.47. The number of pyridine rings is 1. The minimum absolute atomic E-state index is 0.360. The first kappa shape index (κ1) is 13.0. The van der Waals surface area contributed by atoms with E-state index in [0.717, 1.165) is 11.1 Å². The number of benzene rings is 1. The molecule has 0 aliphatic rings. The van der Waals surface area contributed by atoms with E-state index in [4.69, 9.17) is 0 Å². The molecule has 0 bridgehead atoms. The van der Waals surface area contributed by atoms with Gasteiger partial charge in [-0.25, -0.2) is 9.89 Å². The topological polar surface area (TPSA) is 75.9 Å². The Balaban J connectivity index is 1.87. The molecule has 0 amide bonds. The maximum Gasteiger partial charge on any atom is 0.364 e. The molecule has 0 unspecified atom stereocenters. The minimum atomic E-state index is -0.360. The van der Waals surface area contributed by atoms with Gasteiger partial charge in [0.15, 0.2) is 5.82 Å². The number of aromatic nitrogens is 4. The Hall–Kier alpha value is -3.02. The molecule has 0 atom stereocenters. The number of aromatic amines is 1. The van der Waals surface area contributed by atoms with Gasteiger partial charge in [0.1, 0.15) is 0 Å². The number of H-pyrrole nitrogens is 1. The predicted molar refractivity (Wildman–Crippen MR) is 79.3 cm³/mol. The summed E-state index contributed by atoms with van der Waals surface area (Å²) in [4.78, 5) is 15.8. The van der Waals surface area contributed by atoms with Gasteiger partial charge in [0.25, 0.3) is 0 Å². The van der Waals surface area contributed by atoms with Crippen LogP contribution in [-0.2, 0) is 6.42 Å². The van der Waals surface area contributed by atoms with Gasteiger partial charge in [-0.05, 0) is 11.6 Å². The molecule has 0 saturated carbocycles. The van der Waals surface area contributed by atoms with Gasteiger partial charge in [0.2, 0.25) is 0 Å². The molecule has 0 radical (unpaired) electrons. The van der Waals surface area contributed by atoms with Crippen molar-refractivity contribution >= 4 is 6.21 Å². The molecule has 0 aliphatic heterocycles. The van der Waals surface area contributed by atoms with Gasteiger partial charge < -0.3 is 0 Å². The Morgan fingerprint density at radius 1 is 1.19 bits per heavy atom. The van der Waals surface area contributed by atoms with E-state index in [-0.39, 0.29) is 5.69 Å². The Morgan fingerprint density at radius 2 is 2.05 bits per heavy atom. The van der Waals surface area contributed by atoms with Gasteiger partial charge >= 0.3 is 5.69 Å². The molecule has 2 heterocycles. The summed E-state index contributed by atoms with van der Waals surface area (Å²) in [5.74, 6) is 0.561. The Kier molecular flexibility index (Phi) is 3.68. The molecule has 2 aromatic heterocycles. The van der Waals surface area contributed by atoms with Gasteiger partial charge in [-0.15, -0.1) is 0 Å². The zero-order valence-corrected chi connectivity index (χ0v) is 11.2. The van der Waals surface area contributed by atoms with Gasteiger partial charge in [0, 0.05) is 24.4 Å². The third kappa shape index (κ3) is 3.11. The van der Waals surface area contributed by atoms with Crippen LogP contribution in [0.5, 0.6) is 0 Å². The monoisotopic (exact) mass is 279 g/mol. The summed E-state index contributed by atoms with van der Waals surface area (Å²) in [5, 5.41) is 10.6. The molecule has 0 fully saturated rings. The highest BCUT2D eigenvalue weighted by Crippen LogP contribution is 2.05. The van der Waals surface area contributed by atoms with Crippen LogP contribution < -0.4 is 5.69 Å². The van der Waals surface area contributed by atoms with Crippen LogP contribution in [0.1, 0.15) is 17.0 Å². The molecule has 0 spiro atoms. The zero-order chi connectivity index (χ0) is 14.5. The van der Waals surface area contributed by atoms with Crippen LogP contribution >= 0.6 is 0 Å². The molecule has 1 aromatic carbocycles. The summed E-state index contributed by atoms with van der Waals surface area (Å²) in [6, 6.07) is 13.5. The number of rotatable bonds is 4. The second-order valence-corrected chi connectivity index (χ2v) is 4.45. The van der Waals surface area contributed by atoms with Crippen molar-refractivity contribution in [2.75, 3.05) is 0 Å². The maximum absolute atomic E-state index is 11.8. The van der Waals surface area contributed by atoms with Gasteiger partial charge in [-0.3, -0.25) is 4.98 Å². The number of nitrogens with zero attached hydrogens (tertiary/aromatic N) is 4. The summed E-state index contributed by atoms with van der Waals surface area (Å²) >= 11 is 0. The lowest BCUT2D eigenvalue weighted by Crippen LogP contribution is -2.15. The molecule has 21 heavy (non-hydrogen) atoms. The summed E-state index contributed by atoms with van der Waals surface area (Å²) in [6.45, 7) is 0. The minimum Gasteiger partial charge on any atom is -0.264 e. The van der Waals surface area contributed by atoms with Gasteiger partial charge in [0.05, 0.1) is 6.21 Å². The molecule has 104 valence electrons. The van der Waals surface area contributed by atoms with Crippen LogP contribution in [-0.4, -0.2) is 26.1 Å². The van der Waals surface area contributed by atoms with Gasteiger partial charge in [-0.2, -0.15) is 14.9 Å². The quantitative estimate of drug-likeness (QED) is 0.734. The van der Waals surface area contributed by atoms with Crippen LogP contribution in [0.2, 0.25) is 0 Å². The molecule has 0 saturated heterocycles. The lowest BCUT2D eigenvalue weighted by atomic mass is 10.1. The number of hydrogen-bond donors (Lipinski definition) is 1. The van der Waals surface area contributed by atoms with E-state index in [1.165, 1.54) is 4.68 Å². The number of nitrogens with one attached hydrogen (secondary N) is 1. The van der Waals surface area contributed by atoms with Crippen molar-refractivity contribution in [1.29, 1.82) is 0 Å². The summed E-state index contributed by atoms with van der Waals surface area (Å²) in [5.41, 5.74) is 1.52. The maximum atomic E-state index is 11.8. The standard InChI is InChI=1S/C15H13N5O/c21-15-19-18-14(9-12-5-2-1-3-6-12)20(15)17-11-13-7-4-8-16-10-13/h1-8,10-11H,9H2,(H,19,21)/b17-11+. The third-order valence-corrected chi connectivity index (χ3v) is 2.93. The summed E-state index contributed by atoms with van der Waals surface area (Å²) in [7, 11) is 0. The van der Waals surface area contributed by atoms with Crippen LogP contribution in [0.15, 0.2) is 64.8 Å². The zero-order valence-electron chi connectivity index (χ0n) is 11.2. The highest BCUT2D eigenvalue weighted by atomic mass is 16.2. The van der Waals surface area contributed by atoms with Crippen LogP contribution in [0.3, 0.4) is 0 Å². The number of hydrogen-bond acceptors (Lipinski definition) is 4. The van der Waals surface area contributed by atoms with Crippen molar-refractivity contribution in [2.24, 2.45) is 5.10 Å². The highest BCUT2D eigenvalue weighted by molar-refractivity contribution is 5.78. The van der Waals surface area contributed by atoms with Crippen molar-refractivity contribution < 1.29 is 0 Å². The molecular weight excluding hydrogens is 266 g/mol. The fourth-order valence-corrected chi connectivity index (χ4v) is 1.91. The van der Waals surface area contributed by atoms with Crippen molar-refractivity contribution in [3.05, 3.63) is 82.3 Å². The van der Waals surface area contributed by atoms with Crippen molar-refractivity contribution in [3.8, 4) is 0 Å². The normalized spacial score (nSPS) is 11.0. The molecular formula is C15H13N5O. The molecule has 1 N–H and O–H groups in total. The molecule has 3 rings (SSSR count). The highest BCUT2D eigenvalue weighted by Gasteiger charge is 2.07. The molecule has 6 nitrogen and oxygen atoms in total. The van der Waals surface area contributed by atoms with E-state index < -0.39 is 0 Å². The average Bonchev–Trinajstić information content (AvgIpc) is 2.87. The first-order chi connectivity index (χ1) is 10.3. The second kappa shape index (κ2) is 5.96. The van der Waals surface area contributed by atoms with Crippen molar-refractivity contribution in [3.63, 3.8) is 0 Å². The van der Waals surface area contributed by atoms with E-state index in [9.17, 15) is 4.79 Å². The van der Waals surface area contributed by atoms with E-state index in [1.54, 1.807) is 18.6 Å². The first-order valence-corrected chi connectivity index (χ1v) is 6.47. The van der Waals surface area contributed by atoms with Crippen LogP contribution in [0, 0.1) is 0 Å². The summed E-state index contributed by atoms with van der Waals surface area (Å²) in [6.07, 6.45) is 5.47. The van der Waals surface area contributed by atoms with E-state index in [1.807, 2.05) is 42.5 Å². The fraction of sp³-hybridized carbons (Fsp3) is 0.0667. The Bertz CT molecular complexity index is 790. The van der Waals surface area contributed by atoms with Crippen LogP contribution in [0.4, 0.5) is 0 Å². The van der Waals surface area contributed by atoms with E-state index in [0.29, 0.717) is 12.2 Å². The second-order valence-electron chi connectivity index (χ2n) is 4.45. The molecule has 0 aliphatic carbocycles. The van der Waals surface area contributed by atoms with E-state index >= 15 is 0 Å². The largest absolute Gasteiger partial charge is 0.364 e. The smallest absolute Gasteiger partial charge is 0.264 e. The Morgan fingerprint density at radius 3 is 2.81 bits per heavy atom. The van der Waals surface area contributed by atoms with Crippen molar-refractivity contribution in [2.45, 2.75) is 6.42 Å². The third-order valence-electron chi connectivity index (χ3n) is 2.93. The summed E-state index contributed by atoms with van der Waals surface area (Å²) < 4.78 is 1.26. The SMILES string of the molecule is O=c1[nH]nc(Cc2ccccc2)n1/N=C/c1cccnc1.